The van der Waals surface area contributed by atoms with Crippen molar-refractivity contribution < 1.29 is 12.6 Å². The van der Waals surface area contributed by atoms with E-state index in [-0.39, 0.29) is 6.61 Å². The molecule has 0 aliphatic carbocycles. The first-order valence-electron chi connectivity index (χ1n) is 3.79. The minimum Gasteiger partial charge on any atom is -0.263 e. The zero-order valence-corrected chi connectivity index (χ0v) is 8.01. The Kier molecular flexibility index (Phi) is 5.66. The molecule has 0 heterocycles. The fourth-order valence-corrected chi connectivity index (χ4v) is 1.27. The van der Waals surface area contributed by atoms with E-state index < -0.39 is 10.1 Å². The Bertz CT molecular complexity index is 239. The van der Waals surface area contributed by atoms with Crippen molar-refractivity contribution >= 4 is 10.1 Å². The first-order chi connectivity index (χ1) is 5.62. The molecule has 0 atom stereocenters. The summed E-state index contributed by atoms with van der Waals surface area (Å²) in [6.07, 6.45) is 4.65. The van der Waals surface area contributed by atoms with Gasteiger partial charge >= 0.3 is 0 Å². The van der Waals surface area contributed by atoms with Crippen LogP contribution in [-0.2, 0) is 14.3 Å². The van der Waals surface area contributed by atoms with Gasteiger partial charge < -0.3 is 0 Å². The van der Waals surface area contributed by atoms with Gasteiger partial charge in [-0.2, -0.15) is 8.42 Å². The Morgan fingerprint density at radius 1 is 1.50 bits per heavy atom. The van der Waals surface area contributed by atoms with Crippen LogP contribution in [0, 0.1) is 0 Å². The van der Waals surface area contributed by atoms with Gasteiger partial charge in [0, 0.05) is 0 Å². The molecule has 0 aliphatic rings. The number of unbranched alkanes of at least 4 members (excludes halogenated alkanes) is 1. The summed E-state index contributed by atoms with van der Waals surface area (Å²) in [6, 6.07) is 0. The van der Waals surface area contributed by atoms with E-state index in [1.54, 1.807) is 6.08 Å². The summed E-state index contributed by atoms with van der Waals surface area (Å²) in [7, 11) is -3.47. The molecule has 0 saturated heterocycles. The number of allylic oxidation sites excluding steroid dienone is 1. The molecular formula is C8H14O3S. The lowest BCUT2D eigenvalue weighted by molar-refractivity contribution is 0.364. The molecule has 0 radical (unpaired) electrons. The van der Waals surface area contributed by atoms with E-state index in [1.165, 1.54) is 6.08 Å². The molecule has 0 unspecified atom stereocenters. The van der Waals surface area contributed by atoms with E-state index in [0.29, 0.717) is 0 Å². The van der Waals surface area contributed by atoms with Crippen molar-refractivity contribution in [3.63, 3.8) is 0 Å². The molecule has 70 valence electrons. The lowest BCUT2D eigenvalue weighted by Gasteiger charge is -1.95. The highest BCUT2D eigenvalue weighted by Gasteiger charge is 2.02. The highest BCUT2D eigenvalue weighted by molar-refractivity contribution is 7.89. The third-order valence-electron chi connectivity index (χ3n) is 1.07. The minimum absolute atomic E-state index is 0.0266. The Hall–Kier alpha value is -0.610. The summed E-state index contributed by atoms with van der Waals surface area (Å²) >= 11 is 0. The second-order valence-corrected chi connectivity index (χ2v) is 3.72. The van der Waals surface area contributed by atoms with E-state index >= 15 is 0 Å². The molecule has 0 spiro atoms. The molecule has 12 heavy (non-hydrogen) atoms. The van der Waals surface area contributed by atoms with E-state index in [9.17, 15) is 8.42 Å². The molecule has 0 aromatic rings. The van der Waals surface area contributed by atoms with Crippen molar-refractivity contribution in [2.45, 2.75) is 19.8 Å². The summed E-state index contributed by atoms with van der Waals surface area (Å²) in [5.41, 5.74) is 0. The fraction of sp³-hybridized carbons (Fsp3) is 0.500. The standard InChI is InChI=1S/C8H14O3S/c1-3-5-6-8-12(9,10)11-7-4-2/h4,6,8H,2-3,5,7H2,1H3. The second kappa shape index (κ2) is 5.97. The molecule has 0 bridgehead atoms. The van der Waals surface area contributed by atoms with Crippen LogP contribution in [0.5, 0.6) is 0 Å². The SMILES string of the molecule is C=CCOS(=O)(=O)C=CCCC. The van der Waals surface area contributed by atoms with Crippen LogP contribution in [0.15, 0.2) is 24.1 Å². The predicted octanol–water partition coefficient (Wildman–Crippen LogP) is 1.83. The van der Waals surface area contributed by atoms with Gasteiger partial charge in [0.15, 0.2) is 0 Å². The molecule has 0 amide bonds. The van der Waals surface area contributed by atoms with Crippen molar-refractivity contribution in [3.05, 3.63) is 24.1 Å². The van der Waals surface area contributed by atoms with Gasteiger partial charge in [-0.25, -0.2) is 0 Å². The zero-order chi connectivity index (χ0) is 9.45. The third-order valence-corrected chi connectivity index (χ3v) is 2.06. The summed E-state index contributed by atoms with van der Waals surface area (Å²) in [4.78, 5) is 0. The van der Waals surface area contributed by atoms with Crippen molar-refractivity contribution in [1.29, 1.82) is 0 Å². The number of hydrogen-bond acceptors (Lipinski definition) is 3. The molecule has 0 rings (SSSR count). The molecule has 0 N–H and O–H groups in total. The Labute approximate surface area is 73.9 Å². The van der Waals surface area contributed by atoms with E-state index in [1.807, 2.05) is 6.92 Å². The summed E-state index contributed by atoms with van der Waals surface area (Å²) < 4.78 is 26.3. The van der Waals surface area contributed by atoms with Crippen LogP contribution in [0.2, 0.25) is 0 Å². The van der Waals surface area contributed by atoms with E-state index in [4.69, 9.17) is 0 Å². The van der Waals surface area contributed by atoms with Crippen LogP contribution < -0.4 is 0 Å². The first kappa shape index (κ1) is 11.4. The monoisotopic (exact) mass is 190 g/mol. The zero-order valence-electron chi connectivity index (χ0n) is 7.19. The van der Waals surface area contributed by atoms with Crippen LogP contribution in [0.4, 0.5) is 0 Å². The quantitative estimate of drug-likeness (QED) is 0.474. The first-order valence-corrected chi connectivity index (χ1v) is 5.26. The van der Waals surface area contributed by atoms with Gasteiger partial charge in [0.05, 0.1) is 12.0 Å². The van der Waals surface area contributed by atoms with E-state index in [0.717, 1.165) is 18.2 Å². The summed E-state index contributed by atoms with van der Waals surface area (Å²) in [5, 5.41) is 1.08. The second-order valence-electron chi connectivity index (χ2n) is 2.23. The van der Waals surface area contributed by atoms with Gasteiger partial charge in [0.2, 0.25) is 0 Å². The lowest BCUT2D eigenvalue weighted by Crippen LogP contribution is -2.01. The fourth-order valence-electron chi connectivity index (χ4n) is 0.535. The molecule has 0 aromatic carbocycles. The van der Waals surface area contributed by atoms with Crippen molar-refractivity contribution in [3.8, 4) is 0 Å². The highest BCUT2D eigenvalue weighted by Crippen LogP contribution is 1.98. The van der Waals surface area contributed by atoms with Crippen molar-refractivity contribution in [2.75, 3.05) is 6.61 Å². The normalized spacial score (nSPS) is 12.1. The molecule has 0 aromatic heterocycles. The summed E-state index contributed by atoms with van der Waals surface area (Å²) in [5.74, 6) is 0. The van der Waals surface area contributed by atoms with Crippen LogP contribution in [-0.4, -0.2) is 15.0 Å². The smallest absolute Gasteiger partial charge is 0.263 e. The molecule has 0 aliphatic heterocycles. The van der Waals surface area contributed by atoms with Gasteiger partial charge in [0.1, 0.15) is 0 Å². The van der Waals surface area contributed by atoms with Crippen LogP contribution >= 0.6 is 0 Å². The molecule has 0 saturated carbocycles. The maximum absolute atomic E-state index is 10.9. The van der Waals surface area contributed by atoms with Crippen molar-refractivity contribution in [1.82, 2.24) is 0 Å². The molecular weight excluding hydrogens is 176 g/mol. The average molecular weight is 190 g/mol. The van der Waals surface area contributed by atoms with Gasteiger partial charge in [-0.05, 0) is 6.42 Å². The van der Waals surface area contributed by atoms with Gasteiger partial charge in [-0.1, -0.05) is 25.5 Å². The largest absolute Gasteiger partial charge is 0.290 e. The van der Waals surface area contributed by atoms with Crippen molar-refractivity contribution in [2.24, 2.45) is 0 Å². The molecule has 4 heteroatoms. The minimum atomic E-state index is -3.47. The highest BCUT2D eigenvalue weighted by atomic mass is 32.2. The summed E-state index contributed by atoms with van der Waals surface area (Å²) in [6.45, 7) is 5.35. The van der Waals surface area contributed by atoms with Crippen LogP contribution in [0.3, 0.4) is 0 Å². The maximum atomic E-state index is 10.9. The van der Waals surface area contributed by atoms with Gasteiger partial charge in [-0.15, -0.1) is 6.58 Å². The Morgan fingerprint density at radius 2 is 2.17 bits per heavy atom. The number of rotatable bonds is 6. The lowest BCUT2D eigenvalue weighted by atomic mass is 10.3. The van der Waals surface area contributed by atoms with Crippen LogP contribution in [0.25, 0.3) is 0 Å². The predicted molar refractivity (Wildman–Crippen MR) is 49.1 cm³/mol. The maximum Gasteiger partial charge on any atom is 0.290 e. The average Bonchev–Trinajstić information content (AvgIpc) is 2.01. The van der Waals surface area contributed by atoms with Crippen LogP contribution in [0.1, 0.15) is 19.8 Å². The third kappa shape index (κ3) is 6.12. The topological polar surface area (TPSA) is 43.4 Å². The van der Waals surface area contributed by atoms with Gasteiger partial charge in [0.25, 0.3) is 10.1 Å². The molecule has 0 fully saturated rings. The Morgan fingerprint density at radius 3 is 2.67 bits per heavy atom. The van der Waals surface area contributed by atoms with Gasteiger partial charge in [-0.3, -0.25) is 4.18 Å². The molecule has 3 nitrogen and oxygen atoms in total. The Balaban J connectivity index is 3.95. The van der Waals surface area contributed by atoms with E-state index in [2.05, 4.69) is 10.8 Å². The number of hydrogen-bond donors (Lipinski definition) is 0.